The monoisotopic (exact) mass is 266 g/mol. The molecule has 18 heavy (non-hydrogen) atoms. The van der Waals surface area contributed by atoms with Crippen LogP contribution in [-0.2, 0) is 13.6 Å². The molecule has 1 fully saturated rings. The van der Waals surface area contributed by atoms with E-state index >= 15 is 0 Å². The molecule has 2 rings (SSSR count). The maximum Gasteiger partial charge on any atom is 0.355 e. The van der Waals surface area contributed by atoms with Crippen molar-refractivity contribution >= 4 is 13.7 Å². The lowest BCUT2D eigenvalue weighted by Crippen LogP contribution is -2.41. The highest BCUT2D eigenvalue weighted by Gasteiger charge is 2.54. The van der Waals surface area contributed by atoms with Gasteiger partial charge >= 0.3 is 7.60 Å². The molecular formula is C14H19O3P. The molecule has 0 atom stereocenters. The van der Waals surface area contributed by atoms with E-state index in [0.717, 1.165) is 5.56 Å². The zero-order chi connectivity index (χ0) is 13.4. The Hall–Kier alpha value is -0.890. The van der Waals surface area contributed by atoms with Gasteiger partial charge < -0.3 is 0 Å². The summed E-state index contributed by atoms with van der Waals surface area (Å²) >= 11 is 0. The normalized spacial score (nSPS) is 24.4. The van der Waals surface area contributed by atoms with Crippen LogP contribution in [-0.4, -0.2) is 11.2 Å². The second-order valence-electron chi connectivity index (χ2n) is 5.47. The van der Waals surface area contributed by atoms with E-state index in [4.69, 9.17) is 9.05 Å². The summed E-state index contributed by atoms with van der Waals surface area (Å²) in [7, 11) is -3.16. The van der Waals surface area contributed by atoms with Crippen LogP contribution in [0.5, 0.6) is 0 Å². The van der Waals surface area contributed by atoms with Crippen molar-refractivity contribution in [3.8, 4) is 0 Å². The molecule has 3 nitrogen and oxygen atoms in total. The van der Waals surface area contributed by atoms with Gasteiger partial charge in [-0.1, -0.05) is 30.3 Å². The van der Waals surface area contributed by atoms with Gasteiger partial charge in [-0.3, -0.25) is 13.6 Å². The van der Waals surface area contributed by atoms with Gasteiger partial charge in [0, 0.05) is 5.82 Å². The van der Waals surface area contributed by atoms with Crippen LogP contribution in [0.4, 0.5) is 0 Å². The molecule has 0 aliphatic carbocycles. The van der Waals surface area contributed by atoms with E-state index in [1.54, 1.807) is 11.9 Å². The molecule has 1 heterocycles. The Labute approximate surface area is 108 Å². The Bertz CT molecular complexity index is 483. The van der Waals surface area contributed by atoms with Gasteiger partial charge in [0.05, 0.1) is 0 Å². The fraction of sp³-hybridized carbons (Fsp3) is 0.429. The lowest BCUT2D eigenvalue weighted by Gasteiger charge is -2.29. The standard InChI is InChI=1S/C14H19O3P/c1-13(2)14(3,4)17-18(15,16-13)11-10-12-8-6-5-7-9-12/h5-11H,1-4H3. The fourth-order valence-corrected chi connectivity index (χ4v) is 3.90. The number of hydrogen-bond acceptors (Lipinski definition) is 3. The van der Waals surface area contributed by atoms with Gasteiger partial charge in [0.1, 0.15) is 11.2 Å². The molecular weight excluding hydrogens is 247 g/mol. The maximum absolute atomic E-state index is 12.5. The summed E-state index contributed by atoms with van der Waals surface area (Å²) < 4.78 is 23.7. The minimum atomic E-state index is -3.16. The summed E-state index contributed by atoms with van der Waals surface area (Å²) in [5.74, 6) is 1.54. The van der Waals surface area contributed by atoms with Gasteiger partial charge in [0.2, 0.25) is 0 Å². The second-order valence-corrected chi connectivity index (χ2v) is 7.21. The predicted molar refractivity (Wildman–Crippen MR) is 73.4 cm³/mol. The van der Waals surface area contributed by atoms with Crippen molar-refractivity contribution in [2.45, 2.75) is 38.9 Å². The first-order chi connectivity index (χ1) is 8.24. The second kappa shape index (κ2) is 4.34. The first-order valence-electron chi connectivity index (χ1n) is 6.00. The molecule has 4 heteroatoms. The zero-order valence-electron chi connectivity index (χ0n) is 11.2. The smallest absolute Gasteiger partial charge is 0.296 e. The van der Waals surface area contributed by atoms with Crippen LogP contribution in [0, 0.1) is 0 Å². The largest absolute Gasteiger partial charge is 0.355 e. The van der Waals surface area contributed by atoms with E-state index in [-0.39, 0.29) is 0 Å². The maximum atomic E-state index is 12.5. The minimum absolute atomic E-state index is 0.566. The van der Waals surface area contributed by atoms with Gasteiger partial charge in [-0.25, -0.2) is 0 Å². The van der Waals surface area contributed by atoms with Gasteiger partial charge in [-0.05, 0) is 39.3 Å². The zero-order valence-corrected chi connectivity index (χ0v) is 12.1. The van der Waals surface area contributed by atoms with Crippen LogP contribution in [0.15, 0.2) is 36.1 Å². The molecule has 0 spiro atoms. The van der Waals surface area contributed by atoms with Crippen LogP contribution >= 0.6 is 7.60 Å². The Morgan fingerprint density at radius 1 is 1.00 bits per heavy atom. The van der Waals surface area contributed by atoms with Gasteiger partial charge in [0.15, 0.2) is 0 Å². The molecule has 0 amide bonds. The van der Waals surface area contributed by atoms with E-state index in [2.05, 4.69) is 0 Å². The molecule has 1 aliphatic heterocycles. The molecule has 1 aliphatic rings. The topological polar surface area (TPSA) is 35.5 Å². The summed E-state index contributed by atoms with van der Waals surface area (Å²) in [6.45, 7) is 7.57. The molecule has 0 N–H and O–H groups in total. The molecule has 0 saturated carbocycles. The average molecular weight is 266 g/mol. The third kappa shape index (κ3) is 2.59. The lowest BCUT2D eigenvalue weighted by atomic mass is 9.90. The highest BCUT2D eigenvalue weighted by Crippen LogP contribution is 2.65. The van der Waals surface area contributed by atoms with Gasteiger partial charge in [-0.15, -0.1) is 0 Å². The first kappa shape index (κ1) is 13.5. The van der Waals surface area contributed by atoms with E-state index in [1.807, 2.05) is 58.0 Å². The Morgan fingerprint density at radius 2 is 1.50 bits per heavy atom. The number of rotatable bonds is 2. The van der Waals surface area contributed by atoms with Crippen molar-refractivity contribution in [3.63, 3.8) is 0 Å². The van der Waals surface area contributed by atoms with Crippen LogP contribution in [0.25, 0.3) is 6.08 Å². The summed E-state index contributed by atoms with van der Waals surface area (Å²) in [5.41, 5.74) is -0.157. The van der Waals surface area contributed by atoms with Crippen molar-refractivity contribution < 1.29 is 13.6 Å². The van der Waals surface area contributed by atoms with Crippen LogP contribution in [0.1, 0.15) is 33.3 Å². The van der Waals surface area contributed by atoms with Crippen molar-refractivity contribution in [1.82, 2.24) is 0 Å². The molecule has 0 aromatic heterocycles. The molecule has 1 aromatic carbocycles. The Morgan fingerprint density at radius 3 is 2.00 bits per heavy atom. The van der Waals surface area contributed by atoms with Crippen molar-refractivity contribution in [2.24, 2.45) is 0 Å². The van der Waals surface area contributed by atoms with Gasteiger partial charge in [-0.2, -0.15) is 0 Å². The van der Waals surface area contributed by atoms with Crippen molar-refractivity contribution in [2.75, 3.05) is 0 Å². The third-order valence-corrected chi connectivity index (χ3v) is 5.35. The molecule has 0 unspecified atom stereocenters. The summed E-state index contributed by atoms with van der Waals surface area (Å²) in [6, 6.07) is 9.68. The van der Waals surface area contributed by atoms with Crippen LogP contribution < -0.4 is 0 Å². The molecule has 1 saturated heterocycles. The highest BCUT2D eigenvalue weighted by atomic mass is 31.2. The van der Waals surface area contributed by atoms with E-state index in [1.165, 1.54) is 0 Å². The number of benzene rings is 1. The fourth-order valence-electron chi connectivity index (χ4n) is 1.68. The Kier molecular flexibility index (Phi) is 3.26. The van der Waals surface area contributed by atoms with Crippen molar-refractivity contribution in [1.29, 1.82) is 0 Å². The third-order valence-electron chi connectivity index (χ3n) is 3.41. The highest BCUT2D eigenvalue weighted by molar-refractivity contribution is 7.57. The SMILES string of the molecule is CC1(C)OP(=O)(C=Cc2ccccc2)OC1(C)C. The predicted octanol–water partition coefficient (Wildman–Crippen LogP) is 4.45. The van der Waals surface area contributed by atoms with Gasteiger partial charge in [0.25, 0.3) is 0 Å². The lowest BCUT2D eigenvalue weighted by molar-refractivity contribution is 0.00578. The van der Waals surface area contributed by atoms with E-state index in [0.29, 0.717) is 0 Å². The first-order valence-corrected chi connectivity index (χ1v) is 7.61. The minimum Gasteiger partial charge on any atom is -0.296 e. The van der Waals surface area contributed by atoms with Crippen LogP contribution in [0.2, 0.25) is 0 Å². The molecule has 1 aromatic rings. The Balaban J connectivity index is 2.21. The molecule has 98 valence electrons. The summed E-state index contributed by atoms with van der Waals surface area (Å²) in [4.78, 5) is 0. The van der Waals surface area contributed by atoms with Crippen molar-refractivity contribution in [3.05, 3.63) is 41.7 Å². The number of hydrogen-bond donors (Lipinski definition) is 0. The van der Waals surface area contributed by atoms with E-state index < -0.39 is 18.8 Å². The quantitative estimate of drug-likeness (QED) is 0.741. The average Bonchev–Trinajstić information content (AvgIpc) is 2.42. The van der Waals surface area contributed by atoms with Crippen LogP contribution in [0.3, 0.4) is 0 Å². The molecule has 0 bridgehead atoms. The molecule has 0 radical (unpaired) electrons. The summed E-state index contributed by atoms with van der Waals surface area (Å²) in [6.07, 6.45) is 1.78. The summed E-state index contributed by atoms with van der Waals surface area (Å²) in [5, 5.41) is 0. The van der Waals surface area contributed by atoms with E-state index in [9.17, 15) is 4.57 Å².